The topological polar surface area (TPSA) is 46.9 Å². The second-order valence-electron chi connectivity index (χ2n) is 4.76. The van der Waals surface area contributed by atoms with E-state index in [2.05, 4.69) is 23.4 Å². The lowest BCUT2D eigenvalue weighted by Crippen LogP contribution is -2.05. The average molecular weight is 265 g/mol. The molecule has 20 heavy (non-hydrogen) atoms. The molecule has 0 radical (unpaired) electrons. The maximum absolute atomic E-state index is 11.2. The minimum atomic E-state index is -0.0823. The molecule has 4 nitrogen and oxygen atoms in total. The number of rotatable bonds is 2. The van der Waals surface area contributed by atoms with Crippen LogP contribution in [0.2, 0.25) is 0 Å². The van der Waals surface area contributed by atoms with Gasteiger partial charge >= 0.3 is 0 Å². The van der Waals surface area contributed by atoms with Gasteiger partial charge in [-0.05, 0) is 30.7 Å². The lowest BCUT2D eigenvalue weighted by atomic mass is 10.2. The Morgan fingerprint density at radius 1 is 1.15 bits per heavy atom. The Bertz CT molecular complexity index is 789. The Hall–Kier alpha value is -2.62. The lowest BCUT2D eigenvalue weighted by Gasteiger charge is -2.08. The smallest absolute Gasteiger partial charge is 0.221 e. The minimum absolute atomic E-state index is 0.0823. The first-order valence-electron chi connectivity index (χ1n) is 6.47. The van der Waals surface area contributed by atoms with E-state index in [0.29, 0.717) is 0 Å². The van der Waals surface area contributed by atoms with Crippen molar-refractivity contribution in [2.75, 3.05) is 5.32 Å². The molecule has 0 aliphatic rings. The van der Waals surface area contributed by atoms with Crippen LogP contribution >= 0.6 is 0 Å². The monoisotopic (exact) mass is 265 g/mol. The molecule has 100 valence electrons. The molecule has 0 saturated heterocycles. The Kier molecular flexibility index (Phi) is 2.99. The quantitative estimate of drug-likeness (QED) is 0.772. The number of nitrogens with zero attached hydrogens (tertiary/aromatic N) is 2. The van der Waals surface area contributed by atoms with Gasteiger partial charge in [-0.2, -0.15) is 5.10 Å². The van der Waals surface area contributed by atoms with Crippen LogP contribution in [0.15, 0.2) is 48.7 Å². The predicted octanol–water partition coefficient (Wildman–Crippen LogP) is 3.29. The van der Waals surface area contributed by atoms with Crippen LogP contribution in [0.1, 0.15) is 12.5 Å². The Morgan fingerprint density at radius 2 is 1.95 bits per heavy atom. The van der Waals surface area contributed by atoms with Gasteiger partial charge in [0, 0.05) is 12.3 Å². The average Bonchev–Trinajstić information content (AvgIpc) is 2.84. The van der Waals surface area contributed by atoms with E-state index in [-0.39, 0.29) is 5.91 Å². The van der Waals surface area contributed by atoms with Gasteiger partial charge in [0.05, 0.1) is 23.1 Å². The van der Waals surface area contributed by atoms with Gasteiger partial charge in [0.1, 0.15) is 0 Å². The molecule has 0 aliphatic heterocycles. The minimum Gasteiger partial charge on any atom is -0.326 e. The van der Waals surface area contributed by atoms with Crippen LogP contribution in [0.25, 0.3) is 16.6 Å². The number of amides is 1. The molecular formula is C16H15N3O. The summed E-state index contributed by atoms with van der Waals surface area (Å²) in [6, 6.07) is 13.9. The number of anilines is 1. The molecule has 3 aromatic rings. The van der Waals surface area contributed by atoms with E-state index in [1.807, 2.05) is 41.1 Å². The largest absolute Gasteiger partial charge is 0.326 e. The Labute approximate surface area is 117 Å². The van der Waals surface area contributed by atoms with Crippen molar-refractivity contribution in [1.82, 2.24) is 9.78 Å². The molecule has 0 fully saturated rings. The summed E-state index contributed by atoms with van der Waals surface area (Å²) < 4.78 is 1.90. The standard InChI is InChI=1S/C16H15N3O/c1-11-6-3-4-8-15(11)19-16-9-5-7-14(18-12(2)20)13(16)10-17-19/h3-10H,1-2H3,(H,18,20). The molecule has 0 bridgehead atoms. The van der Waals surface area contributed by atoms with Gasteiger partial charge < -0.3 is 5.32 Å². The fourth-order valence-electron chi connectivity index (χ4n) is 2.34. The molecule has 1 amide bonds. The molecule has 1 heterocycles. The van der Waals surface area contributed by atoms with Gasteiger partial charge in [-0.25, -0.2) is 4.68 Å². The number of aryl methyl sites for hydroxylation is 1. The predicted molar refractivity (Wildman–Crippen MR) is 80.1 cm³/mol. The molecule has 0 spiro atoms. The lowest BCUT2D eigenvalue weighted by molar-refractivity contribution is -0.114. The number of fused-ring (bicyclic) bond motifs is 1. The second kappa shape index (κ2) is 4.81. The summed E-state index contributed by atoms with van der Waals surface area (Å²) in [6.45, 7) is 3.56. The summed E-state index contributed by atoms with van der Waals surface area (Å²) in [5.41, 5.74) is 3.96. The van der Waals surface area contributed by atoms with Gasteiger partial charge in [-0.15, -0.1) is 0 Å². The molecular weight excluding hydrogens is 250 g/mol. The zero-order chi connectivity index (χ0) is 14.1. The van der Waals surface area contributed by atoms with Crippen molar-refractivity contribution in [2.45, 2.75) is 13.8 Å². The highest BCUT2D eigenvalue weighted by molar-refractivity contribution is 6.00. The van der Waals surface area contributed by atoms with Crippen molar-refractivity contribution < 1.29 is 4.79 Å². The first-order valence-corrected chi connectivity index (χ1v) is 6.47. The molecule has 0 aliphatic carbocycles. The van der Waals surface area contributed by atoms with Crippen molar-refractivity contribution in [3.05, 3.63) is 54.2 Å². The highest BCUT2D eigenvalue weighted by Crippen LogP contribution is 2.26. The first kappa shape index (κ1) is 12.4. The van der Waals surface area contributed by atoms with E-state index in [0.717, 1.165) is 27.8 Å². The summed E-state index contributed by atoms with van der Waals surface area (Å²) in [5, 5.41) is 8.23. The SMILES string of the molecule is CC(=O)Nc1cccc2c1cnn2-c1ccccc1C. The molecule has 4 heteroatoms. The van der Waals surface area contributed by atoms with Crippen LogP contribution in [0.5, 0.6) is 0 Å². The normalized spacial score (nSPS) is 10.7. The summed E-state index contributed by atoms with van der Waals surface area (Å²) in [7, 11) is 0. The number of carbonyl (C=O) groups is 1. The molecule has 0 atom stereocenters. The summed E-state index contributed by atoms with van der Waals surface area (Å²) in [4.78, 5) is 11.2. The maximum Gasteiger partial charge on any atom is 0.221 e. The van der Waals surface area contributed by atoms with Gasteiger partial charge in [-0.1, -0.05) is 24.3 Å². The number of carbonyl (C=O) groups excluding carboxylic acids is 1. The summed E-state index contributed by atoms with van der Waals surface area (Å²) in [6.07, 6.45) is 1.78. The van der Waals surface area contributed by atoms with Crippen LogP contribution in [-0.2, 0) is 4.79 Å². The number of benzene rings is 2. The van der Waals surface area contributed by atoms with E-state index < -0.39 is 0 Å². The van der Waals surface area contributed by atoms with Gasteiger partial charge in [-0.3, -0.25) is 4.79 Å². The van der Waals surface area contributed by atoms with Crippen molar-refractivity contribution in [3.8, 4) is 5.69 Å². The van der Waals surface area contributed by atoms with Crippen molar-refractivity contribution in [2.24, 2.45) is 0 Å². The number of nitrogens with one attached hydrogen (secondary N) is 1. The summed E-state index contributed by atoms with van der Waals surface area (Å²) in [5.74, 6) is -0.0823. The highest BCUT2D eigenvalue weighted by Gasteiger charge is 2.10. The van der Waals surface area contributed by atoms with Crippen molar-refractivity contribution in [1.29, 1.82) is 0 Å². The van der Waals surface area contributed by atoms with Crippen LogP contribution in [0.4, 0.5) is 5.69 Å². The summed E-state index contributed by atoms with van der Waals surface area (Å²) >= 11 is 0. The van der Waals surface area contributed by atoms with E-state index >= 15 is 0 Å². The van der Waals surface area contributed by atoms with E-state index in [9.17, 15) is 4.79 Å². The molecule has 1 aromatic heterocycles. The molecule has 3 rings (SSSR count). The number of hydrogen-bond acceptors (Lipinski definition) is 2. The van der Waals surface area contributed by atoms with Crippen LogP contribution in [0.3, 0.4) is 0 Å². The third kappa shape index (κ3) is 2.05. The second-order valence-corrected chi connectivity index (χ2v) is 4.76. The van der Waals surface area contributed by atoms with Crippen molar-refractivity contribution in [3.63, 3.8) is 0 Å². The van der Waals surface area contributed by atoms with Gasteiger partial charge in [0.2, 0.25) is 5.91 Å². The van der Waals surface area contributed by atoms with E-state index in [1.54, 1.807) is 6.20 Å². The van der Waals surface area contributed by atoms with Crippen LogP contribution < -0.4 is 5.32 Å². The Balaban J connectivity index is 2.20. The maximum atomic E-state index is 11.2. The van der Waals surface area contributed by atoms with Crippen LogP contribution in [0, 0.1) is 6.92 Å². The fraction of sp³-hybridized carbons (Fsp3) is 0.125. The van der Waals surface area contributed by atoms with Gasteiger partial charge in [0.25, 0.3) is 0 Å². The first-order chi connectivity index (χ1) is 9.66. The fourth-order valence-corrected chi connectivity index (χ4v) is 2.34. The number of aromatic nitrogens is 2. The van der Waals surface area contributed by atoms with E-state index in [4.69, 9.17) is 0 Å². The third-order valence-electron chi connectivity index (χ3n) is 3.27. The van der Waals surface area contributed by atoms with Gasteiger partial charge in [0.15, 0.2) is 0 Å². The molecule has 0 saturated carbocycles. The van der Waals surface area contributed by atoms with Crippen molar-refractivity contribution >= 4 is 22.5 Å². The van der Waals surface area contributed by atoms with Crippen LogP contribution in [-0.4, -0.2) is 15.7 Å². The highest BCUT2D eigenvalue weighted by atomic mass is 16.1. The third-order valence-corrected chi connectivity index (χ3v) is 3.27. The molecule has 0 unspecified atom stereocenters. The Morgan fingerprint density at radius 3 is 2.70 bits per heavy atom. The zero-order valence-corrected chi connectivity index (χ0v) is 11.4. The zero-order valence-electron chi connectivity index (χ0n) is 11.4. The molecule has 2 aromatic carbocycles. The number of hydrogen-bond donors (Lipinski definition) is 1. The molecule has 1 N–H and O–H groups in total. The number of para-hydroxylation sites is 1. The van der Waals surface area contributed by atoms with E-state index in [1.165, 1.54) is 6.92 Å².